The standard InChI is InChI=1S/C17H14FN7.C9H10O3/c1-19-13-7-10(4-5-12(13)18)25-16-11(3-2-6-20-16)14-15-17(23-8-21-14)24-9-22-15;1-11-8-3-7(6-10)4-9(5-8)12-2/h2-9,19H,1H3,(H,20,25)(H,21,22,23,24);3-6H,1-2H3. The fraction of sp³-hybridized carbons (Fsp3) is 0.115. The van der Waals surface area contributed by atoms with Crippen LogP contribution in [0.1, 0.15) is 10.4 Å². The predicted octanol–water partition coefficient (Wildman–Crippen LogP) is 4.86. The summed E-state index contributed by atoms with van der Waals surface area (Å²) in [4.78, 5) is 30.5. The molecule has 0 aliphatic carbocycles. The molecule has 37 heavy (non-hydrogen) atoms. The van der Waals surface area contributed by atoms with Crippen molar-refractivity contribution in [3.8, 4) is 22.8 Å². The van der Waals surface area contributed by atoms with E-state index in [9.17, 15) is 9.18 Å². The third kappa shape index (κ3) is 5.78. The minimum atomic E-state index is -0.315. The second-order valence-corrected chi connectivity index (χ2v) is 7.56. The van der Waals surface area contributed by atoms with Gasteiger partial charge in [0, 0.05) is 36.1 Å². The van der Waals surface area contributed by atoms with Crippen LogP contribution < -0.4 is 20.1 Å². The average molecular weight is 502 g/mol. The number of nitrogens with one attached hydrogen (secondary N) is 3. The smallest absolute Gasteiger partial charge is 0.181 e. The van der Waals surface area contributed by atoms with E-state index in [1.807, 2.05) is 12.1 Å². The monoisotopic (exact) mass is 501 g/mol. The third-order valence-electron chi connectivity index (χ3n) is 5.29. The molecular formula is C26H24FN7O3. The molecule has 3 aromatic heterocycles. The molecule has 0 amide bonds. The van der Waals surface area contributed by atoms with E-state index in [2.05, 4.69) is 35.6 Å². The highest BCUT2D eigenvalue weighted by molar-refractivity contribution is 5.91. The van der Waals surface area contributed by atoms with Crippen LogP contribution in [0.15, 0.2) is 67.4 Å². The molecule has 0 spiro atoms. The maximum absolute atomic E-state index is 13.7. The zero-order chi connectivity index (χ0) is 26.2. The number of rotatable bonds is 7. The van der Waals surface area contributed by atoms with Crippen molar-refractivity contribution in [3.05, 3.63) is 78.8 Å². The molecule has 10 nitrogen and oxygen atoms in total. The topological polar surface area (TPSA) is 127 Å². The molecule has 2 aromatic carbocycles. The highest BCUT2D eigenvalue weighted by atomic mass is 19.1. The summed E-state index contributed by atoms with van der Waals surface area (Å²) in [7, 11) is 4.76. The lowest BCUT2D eigenvalue weighted by molar-refractivity contribution is 0.112. The third-order valence-corrected chi connectivity index (χ3v) is 5.29. The van der Waals surface area contributed by atoms with Crippen LogP contribution in [0, 0.1) is 5.82 Å². The Morgan fingerprint density at radius 3 is 2.46 bits per heavy atom. The first-order valence-electron chi connectivity index (χ1n) is 11.1. The molecule has 0 radical (unpaired) electrons. The van der Waals surface area contributed by atoms with Crippen molar-refractivity contribution in [2.75, 3.05) is 31.9 Å². The summed E-state index contributed by atoms with van der Waals surface area (Å²) in [5, 5.41) is 6.04. The molecule has 0 aliphatic rings. The van der Waals surface area contributed by atoms with Crippen LogP contribution >= 0.6 is 0 Å². The quantitative estimate of drug-likeness (QED) is 0.268. The lowest BCUT2D eigenvalue weighted by atomic mass is 10.1. The van der Waals surface area contributed by atoms with Gasteiger partial charge in [-0.15, -0.1) is 0 Å². The van der Waals surface area contributed by atoms with Gasteiger partial charge >= 0.3 is 0 Å². The van der Waals surface area contributed by atoms with Crippen LogP contribution in [-0.4, -0.2) is 52.5 Å². The molecule has 0 aliphatic heterocycles. The number of halogens is 1. The van der Waals surface area contributed by atoms with Gasteiger partial charge in [-0.1, -0.05) is 0 Å². The number of carbonyl (C=O) groups excluding carboxylic acids is 1. The minimum Gasteiger partial charge on any atom is -0.497 e. The Labute approximate surface area is 211 Å². The van der Waals surface area contributed by atoms with Gasteiger partial charge in [-0.3, -0.25) is 4.79 Å². The summed E-state index contributed by atoms with van der Waals surface area (Å²) < 4.78 is 23.6. The van der Waals surface area contributed by atoms with E-state index in [0.717, 1.165) is 17.4 Å². The van der Waals surface area contributed by atoms with Crippen LogP contribution in [-0.2, 0) is 0 Å². The Morgan fingerprint density at radius 2 is 1.76 bits per heavy atom. The number of imidazole rings is 1. The predicted molar refractivity (Wildman–Crippen MR) is 139 cm³/mol. The molecular weight excluding hydrogens is 477 g/mol. The molecule has 3 N–H and O–H groups in total. The van der Waals surface area contributed by atoms with Crippen LogP contribution in [0.5, 0.6) is 11.5 Å². The van der Waals surface area contributed by atoms with E-state index in [0.29, 0.717) is 45.6 Å². The molecule has 188 valence electrons. The Morgan fingerprint density at radius 1 is 0.973 bits per heavy atom. The molecule has 0 fully saturated rings. The second-order valence-electron chi connectivity index (χ2n) is 7.56. The summed E-state index contributed by atoms with van der Waals surface area (Å²) >= 11 is 0. The Hall–Kier alpha value is -5.06. The first-order chi connectivity index (χ1) is 18.1. The molecule has 11 heteroatoms. The summed E-state index contributed by atoms with van der Waals surface area (Å²) in [5.41, 5.74) is 4.45. The maximum Gasteiger partial charge on any atom is 0.181 e. The van der Waals surface area contributed by atoms with Gasteiger partial charge in [0.1, 0.15) is 47.0 Å². The van der Waals surface area contributed by atoms with Crippen molar-refractivity contribution in [1.29, 1.82) is 0 Å². The number of hydrogen-bond donors (Lipinski definition) is 3. The highest BCUT2D eigenvalue weighted by Gasteiger charge is 2.14. The van der Waals surface area contributed by atoms with E-state index in [1.165, 1.54) is 12.4 Å². The molecule has 0 saturated heterocycles. The number of nitrogens with zero attached hydrogens (tertiary/aromatic N) is 4. The molecule has 0 unspecified atom stereocenters. The number of aromatic nitrogens is 5. The van der Waals surface area contributed by atoms with Crippen molar-refractivity contribution in [2.24, 2.45) is 0 Å². The molecule has 0 saturated carbocycles. The van der Waals surface area contributed by atoms with Crippen LogP contribution in [0.25, 0.3) is 22.4 Å². The first kappa shape index (κ1) is 25.0. The summed E-state index contributed by atoms with van der Waals surface area (Å²) in [5.74, 6) is 1.53. The summed E-state index contributed by atoms with van der Waals surface area (Å²) in [6, 6.07) is 13.5. The molecule has 3 heterocycles. The van der Waals surface area contributed by atoms with Gasteiger partial charge in [-0.05, 0) is 42.5 Å². The first-order valence-corrected chi connectivity index (χ1v) is 11.1. The number of methoxy groups -OCH3 is 2. The van der Waals surface area contributed by atoms with E-state index in [1.54, 1.807) is 64.1 Å². The number of aldehydes is 1. The Bertz CT molecular complexity index is 1500. The van der Waals surface area contributed by atoms with Crippen molar-refractivity contribution in [2.45, 2.75) is 0 Å². The van der Waals surface area contributed by atoms with Gasteiger partial charge in [0.25, 0.3) is 0 Å². The largest absolute Gasteiger partial charge is 0.497 e. The van der Waals surface area contributed by atoms with E-state index < -0.39 is 0 Å². The van der Waals surface area contributed by atoms with E-state index in [4.69, 9.17) is 9.47 Å². The minimum absolute atomic E-state index is 0.315. The number of benzene rings is 2. The van der Waals surface area contributed by atoms with Crippen LogP contribution in [0.2, 0.25) is 0 Å². The number of carbonyl (C=O) groups is 1. The van der Waals surface area contributed by atoms with Gasteiger partial charge in [-0.25, -0.2) is 24.3 Å². The molecule has 5 rings (SSSR count). The Balaban J connectivity index is 0.000000225. The number of ether oxygens (including phenoxy) is 2. The number of anilines is 3. The number of fused-ring (bicyclic) bond motifs is 1. The van der Waals surface area contributed by atoms with Crippen LogP contribution in [0.3, 0.4) is 0 Å². The SMILES string of the molecule is CNc1cc(Nc2ncccc2-c2ncnc3nc[nH]c23)ccc1F.COc1cc(C=O)cc(OC)c1. The summed E-state index contributed by atoms with van der Waals surface area (Å²) in [6.07, 6.45) is 5.47. The van der Waals surface area contributed by atoms with Gasteiger partial charge in [0.2, 0.25) is 0 Å². The highest BCUT2D eigenvalue weighted by Crippen LogP contribution is 2.31. The van der Waals surface area contributed by atoms with Crippen molar-refractivity contribution >= 4 is 34.6 Å². The van der Waals surface area contributed by atoms with Gasteiger partial charge in [0.15, 0.2) is 5.65 Å². The lowest BCUT2D eigenvalue weighted by Crippen LogP contribution is -2.00. The van der Waals surface area contributed by atoms with Crippen molar-refractivity contribution in [3.63, 3.8) is 0 Å². The maximum atomic E-state index is 13.7. The number of hydrogen-bond acceptors (Lipinski definition) is 9. The Kier molecular flexibility index (Phi) is 7.84. The zero-order valence-corrected chi connectivity index (χ0v) is 20.3. The number of pyridine rings is 1. The molecule has 0 bridgehead atoms. The number of aromatic amines is 1. The van der Waals surface area contributed by atoms with Crippen LogP contribution in [0.4, 0.5) is 21.6 Å². The number of H-pyrrole nitrogens is 1. The van der Waals surface area contributed by atoms with Crippen molar-refractivity contribution < 1.29 is 18.7 Å². The van der Waals surface area contributed by atoms with Crippen molar-refractivity contribution in [1.82, 2.24) is 24.9 Å². The average Bonchev–Trinajstić information content (AvgIpc) is 3.43. The van der Waals surface area contributed by atoms with Gasteiger partial charge in [-0.2, -0.15) is 0 Å². The normalized spacial score (nSPS) is 10.3. The molecule has 5 aromatic rings. The summed E-state index contributed by atoms with van der Waals surface area (Å²) in [6.45, 7) is 0. The van der Waals surface area contributed by atoms with Gasteiger partial charge in [0.05, 0.1) is 26.2 Å². The van der Waals surface area contributed by atoms with E-state index in [-0.39, 0.29) is 5.82 Å². The molecule has 0 atom stereocenters. The zero-order valence-electron chi connectivity index (χ0n) is 20.3. The second kappa shape index (κ2) is 11.6. The lowest BCUT2D eigenvalue weighted by Gasteiger charge is -2.12. The van der Waals surface area contributed by atoms with E-state index >= 15 is 0 Å². The fourth-order valence-electron chi connectivity index (χ4n) is 3.49. The van der Waals surface area contributed by atoms with Gasteiger partial charge < -0.3 is 25.1 Å². The fourth-order valence-corrected chi connectivity index (χ4v) is 3.49.